The van der Waals surface area contributed by atoms with Gasteiger partial charge >= 0.3 is 0 Å². The standard InChI is InChI=1S/C28H38N4O4/c1-20-16-21(2)28(22(3)17-20)30-25(33)18-29-26(34)19-31-12-5-13-32(15-14-31)27(35)11-8-23-6-9-24(36-4)10-7-23/h6-7,9-10,16-17H,5,8,11-15,18-19H2,1-4H3,(H,29,34)(H,30,33). The van der Waals surface area contributed by atoms with E-state index in [4.69, 9.17) is 4.74 Å². The van der Waals surface area contributed by atoms with Crippen molar-refractivity contribution in [1.29, 1.82) is 0 Å². The molecule has 0 bridgehead atoms. The van der Waals surface area contributed by atoms with Crippen LogP contribution in [-0.4, -0.2) is 73.9 Å². The van der Waals surface area contributed by atoms with Crippen LogP contribution in [0.3, 0.4) is 0 Å². The first-order valence-corrected chi connectivity index (χ1v) is 12.5. The van der Waals surface area contributed by atoms with Gasteiger partial charge in [0.15, 0.2) is 0 Å². The summed E-state index contributed by atoms with van der Waals surface area (Å²) in [6.45, 7) is 8.74. The van der Waals surface area contributed by atoms with Crippen molar-refractivity contribution in [1.82, 2.24) is 15.1 Å². The molecule has 2 aromatic rings. The van der Waals surface area contributed by atoms with Gasteiger partial charge in [-0.05, 0) is 62.4 Å². The number of ether oxygens (including phenoxy) is 1. The molecule has 8 nitrogen and oxygen atoms in total. The maximum absolute atomic E-state index is 12.7. The highest BCUT2D eigenvalue weighted by Gasteiger charge is 2.20. The van der Waals surface area contributed by atoms with E-state index in [-0.39, 0.29) is 30.8 Å². The third kappa shape index (κ3) is 8.09. The summed E-state index contributed by atoms with van der Waals surface area (Å²) >= 11 is 0. The molecule has 1 aliphatic rings. The molecular formula is C28H38N4O4. The molecule has 194 valence electrons. The molecule has 0 saturated carbocycles. The average molecular weight is 495 g/mol. The number of amides is 3. The first kappa shape index (κ1) is 27.2. The Morgan fingerprint density at radius 3 is 2.28 bits per heavy atom. The van der Waals surface area contributed by atoms with Crippen LogP contribution in [-0.2, 0) is 20.8 Å². The predicted molar refractivity (Wildman–Crippen MR) is 141 cm³/mol. The van der Waals surface area contributed by atoms with Crippen molar-refractivity contribution in [3.8, 4) is 5.75 Å². The molecule has 0 radical (unpaired) electrons. The maximum Gasteiger partial charge on any atom is 0.243 e. The molecule has 1 fully saturated rings. The second-order valence-corrected chi connectivity index (χ2v) is 9.46. The molecule has 0 unspecified atom stereocenters. The van der Waals surface area contributed by atoms with E-state index in [9.17, 15) is 14.4 Å². The van der Waals surface area contributed by atoms with Crippen molar-refractivity contribution >= 4 is 23.4 Å². The summed E-state index contributed by atoms with van der Waals surface area (Å²) < 4.78 is 5.18. The number of aryl methyl sites for hydroxylation is 4. The van der Waals surface area contributed by atoms with Crippen LogP contribution in [0.5, 0.6) is 5.75 Å². The van der Waals surface area contributed by atoms with Gasteiger partial charge in [0, 0.05) is 38.3 Å². The summed E-state index contributed by atoms with van der Waals surface area (Å²) in [6.07, 6.45) is 1.96. The van der Waals surface area contributed by atoms with E-state index in [0.29, 0.717) is 32.5 Å². The normalized spacial score (nSPS) is 14.2. The van der Waals surface area contributed by atoms with Crippen LogP contribution in [0.4, 0.5) is 5.69 Å². The lowest BCUT2D eigenvalue weighted by molar-refractivity contribution is -0.131. The molecule has 36 heavy (non-hydrogen) atoms. The van der Waals surface area contributed by atoms with E-state index in [1.165, 1.54) is 0 Å². The molecule has 3 rings (SSSR count). The second kappa shape index (κ2) is 13.1. The van der Waals surface area contributed by atoms with Crippen LogP contribution in [0.15, 0.2) is 36.4 Å². The molecule has 1 saturated heterocycles. The summed E-state index contributed by atoms with van der Waals surface area (Å²) in [7, 11) is 1.63. The molecular weight excluding hydrogens is 456 g/mol. The molecule has 0 aromatic heterocycles. The van der Waals surface area contributed by atoms with E-state index < -0.39 is 0 Å². The van der Waals surface area contributed by atoms with Crippen LogP contribution in [0.1, 0.15) is 35.1 Å². The number of nitrogens with one attached hydrogen (secondary N) is 2. The van der Waals surface area contributed by atoms with Crippen molar-refractivity contribution in [2.45, 2.75) is 40.0 Å². The molecule has 0 spiro atoms. The van der Waals surface area contributed by atoms with Crippen molar-refractivity contribution in [3.63, 3.8) is 0 Å². The van der Waals surface area contributed by atoms with Crippen LogP contribution in [0, 0.1) is 20.8 Å². The molecule has 2 aromatic carbocycles. The van der Waals surface area contributed by atoms with Gasteiger partial charge in [-0.3, -0.25) is 19.3 Å². The van der Waals surface area contributed by atoms with Gasteiger partial charge in [-0.1, -0.05) is 29.8 Å². The molecule has 8 heteroatoms. The van der Waals surface area contributed by atoms with Gasteiger partial charge < -0.3 is 20.3 Å². The van der Waals surface area contributed by atoms with Gasteiger partial charge in [-0.15, -0.1) is 0 Å². The number of hydrogen-bond donors (Lipinski definition) is 2. The zero-order valence-corrected chi connectivity index (χ0v) is 21.9. The lowest BCUT2D eigenvalue weighted by atomic mass is 10.1. The number of nitrogens with zero attached hydrogens (tertiary/aromatic N) is 2. The number of carbonyl (C=O) groups is 3. The summed E-state index contributed by atoms with van der Waals surface area (Å²) in [5.41, 5.74) is 5.05. The fourth-order valence-corrected chi connectivity index (χ4v) is 4.58. The monoisotopic (exact) mass is 494 g/mol. The SMILES string of the molecule is COc1ccc(CCC(=O)N2CCCN(CC(=O)NCC(=O)Nc3c(C)cc(C)cc3C)CC2)cc1. The lowest BCUT2D eigenvalue weighted by Gasteiger charge is -2.22. The summed E-state index contributed by atoms with van der Waals surface area (Å²) in [5.74, 6) is 0.499. The Hall–Kier alpha value is -3.39. The number of benzene rings is 2. The van der Waals surface area contributed by atoms with Gasteiger partial charge in [-0.25, -0.2) is 0 Å². The molecule has 3 amide bonds. The Morgan fingerprint density at radius 1 is 0.917 bits per heavy atom. The highest BCUT2D eigenvalue weighted by atomic mass is 16.5. The molecule has 2 N–H and O–H groups in total. The van der Waals surface area contributed by atoms with Crippen LogP contribution >= 0.6 is 0 Å². The fraction of sp³-hybridized carbons (Fsp3) is 0.464. The summed E-state index contributed by atoms with van der Waals surface area (Å²) in [4.78, 5) is 41.5. The van der Waals surface area contributed by atoms with Crippen LogP contribution in [0.25, 0.3) is 0 Å². The lowest BCUT2D eigenvalue weighted by Crippen LogP contribution is -2.42. The van der Waals surface area contributed by atoms with Gasteiger partial charge in [0.2, 0.25) is 17.7 Å². The maximum atomic E-state index is 12.7. The molecule has 1 heterocycles. The summed E-state index contributed by atoms with van der Waals surface area (Å²) in [5, 5.41) is 5.62. The minimum absolute atomic E-state index is 0.0740. The van der Waals surface area contributed by atoms with Gasteiger partial charge in [0.25, 0.3) is 0 Å². The first-order valence-electron chi connectivity index (χ1n) is 12.5. The topological polar surface area (TPSA) is 91.0 Å². The van der Waals surface area contributed by atoms with Crippen molar-refractivity contribution in [2.75, 3.05) is 51.7 Å². The zero-order valence-electron chi connectivity index (χ0n) is 21.9. The highest BCUT2D eigenvalue weighted by molar-refractivity contribution is 5.96. The third-order valence-corrected chi connectivity index (χ3v) is 6.48. The first-order chi connectivity index (χ1) is 17.2. The largest absolute Gasteiger partial charge is 0.497 e. The van der Waals surface area contributed by atoms with E-state index >= 15 is 0 Å². The molecule has 1 aliphatic heterocycles. The predicted octanol–water partition coefficient (Wildman–Crippen LogP) is 2.84. The minimum Gasteiger partial charge on any atom is -0.497 e. The van der Waals surface area contributed by atoms with E-state index in [1.807, 2.05) is 67.0 Å². The highest BCUT2D eigenvalue weighted by Crippen LogP contribution is 2.21. The summed E-state index contributed by atoms with van der Waals surface area (Å²) in [6, 6.07) is 11.8. The quantitative estimate of drug-likeness (QED) is 0.560. The van der Waals surface area contributed by atoms with Crippen LogP contribution < -0.4 is 15.4 Å². The number of anilines is 1. The number of methoxy groups -OCH3 is 1. The van der Waals surface area contributed by atoms with Crippen LogP contribution in [0.2, 0.25) is 0 Å². The minimum atomic E-state index is -0.247. The number of hydrogen-bond acceptors (Lipinski definition) is 5. The zero-order chi connectivity index (χ0) is 26.1. The molecule has 0 atom stereocenters. The van der Waals surface area contributed by atoms with Crippen molar-refractivity contribution < 1.29 is 19.1 Å². The Balaban J connectivity index is 1.39. The Morgan fingerprint density at radius 2 is 1.61 bits per heavy atom. The Labute approximate surface area is 214 Å². The fourth-order valence-electron chi connectivity index (χ4n) is 4.58. The van der Waals surface area contributed by atoms with E-state index in [0.717, 1.165) is 46.7 Å². The van der Waals surface area contributed by atoms with Gasteiger partial charge in [0.1, 0.15) is 5.75 Å². The number of rotatable bonds is 9. The average Bonchev–Trinajstić information content (AvgIpc) is 3.09. The van der Waals surface area contributed by atoms with E-state index in [1.54, 1.807) is 7.11 Å². The van der Waals surface area contributed by atoms with Gasteiger partial charge in [-0.2, -0.15) is 0 Å². The number of carbonyl (C=O) groups excluding carboxylic acids is 3. The van der Waals surface area contributed by atoms with Crippen molar-refractivity contribution in [3.05, 3.63) is 58.7 Å². The van der Waals surface area contributed by atoms with E-state index in [2.05, 4.69) is 10.6 Å². The second-order valence-electron chi connectivity index (χ2n) is 9.46. The Bertz CT molecular complexity index is 1040. The molecule has 0 aliphatic carbocycles. The third-order valence-electron chi connectivity index (χ3n) is 6.48. The smallest absolute Gasteiger partial charge is 0.243 e. The Kier molecular flexibility index (Phi) is 9.87. The van der Waals surface area contributed by atoms with Crippen molar-refractivity contribution in [2.24, 2.45) is 0 Å². The van der Waals surface area contributed by atoms with Gasteiger partial charge in [0.05, 0.1) is 20.2 Å².